The lowest BCUT2D eigenvalue weighted by Gasteiger charge is -2.36. The number of carbonyl (C=O) groups is 1. The molecular weight excluding hydrogens is 336 g/mol. The predicted molar refractivity (Wildman–Crippen MR) is 110 cm³/mol. The van der Waals surface area contributed by atoms with E-state index >= 15 is 0 Å². The van der Waals surface area contributed by atoms with Gasteiger partial charge in [0.2, 0.25) is 5.91 Å². The van der Waals surface area contributed by atoms with E-state index < -0.39 is 0 Å². The Morgan fingerprint density at radius 2 is 2.04 bits per heavy atom. The summed E-state index contributed by atoms with van der Waals surface area (Å²) in [5, 5.41) is 0. The highest BCUT2D eigenvalue weighted by Gasteiger charge is 2.30. The number of benzene rings is 1. The van der Waals surface area contributed by atoms with Crippen molar-refractivity contribution in [3.8, 4) is 0 Å². The molecule has 0 bridgehead atoms. The molecule has 2 aliphatic rings. The number of likely N-dealkylation sites (N-methyl/N-ethyl adjacent to an activating group) is 1. The fourth-order valence-electron chi connectivity index (χ4n) is 4.48. The molecule has 2 heterocycles. The Labute approximate surface area is 164 Å². The fourth-order valence-corrected chi connectivity index (χ4v) is 4.48. The summed E-state index contributed by atoms with van der Waals surface area (Å²) in [7, 11) is 1.98. The van der Waals surface area contributed by atoms with Crippen LogP contribution in [-0.4, -0.2) is 54.5 Å². The quantitative estimate of drug-likeness (QED) is 0.736. The van der Waals surface area contributed by atoms with E-state index in [9.17, 15) is 4.79 Å². The number of likely N-dealkylation sites (tertiary alicyclic amines) is 1. The molecule has 5 nitrogen and oxygen atoms in total. The first-order valence-corrected chi connectivity index (χ1v) is 10.7. The van der Waals surface area contributed by atoms with Crippen molar-refractivity contribution >= 4 is 5.91 Å². The Morgan fingerprint density at radius 1 is 1.22 bits per heavy atom. The summed E-state index contributed by atoms with van der Waals surface area (Å²) in [4.78, 5) is 17.3. The third-order valence-electron chi connectivity index (χ3n) is 6.02. The van der Waals surface area contributed by atoms with Crippen molar-refractivity contribution in [2.24, 2.45) is 0 Å². The van der Waals surface area contributed by atoms with Crippen molar-refractivity contribution < 1.29 is 4.79 Å². The molecule has 0 saturated carbocycles. The van der Waals surface area contributed by atoms with Crippen LogP contribution in [-0.2, 0) is 4.79 Å². The van der Waals surface area contributed by atoms with Gasteiger partial charge < -0.3 is 4.90 Å². The molecule has 0 radical (unpaired) electrons. The number of piperidine rings is 1. The maximum absolute atomic E-state index is 12.9. The summed E-state index contributed by atoms with van der Waals surface area (Å²) in [6.07, 6.45) is 7.81. The number of amides is 1. The second-order valence-corrected chi connectivity index (χ2v) is 8.13. The molecule has 2 N–H and O–H groups in total. The maximum Gasteiger partial charge on any atom is 0.239 e. The molecule has 1 aromatic carbocycles. The highest BCUT2D eigenvalue weighted by Crippen LogP contribution is 2.24. The van der Waals surface area contributed by atoms with Gasteiger partial charge in [0.25, 0.3) is 0 Å². The summed E-state index contributed by atoms with van der Waals surface area (Å²) >= 11 is 0. The molecule has 0 aliphatic carbocycles. The largest absolute Gasteiger partial charge is 0.344 e. The van der Waals surface area contributed by atoms with Crippen LogP contribution in [0.4, 0.5) is 0 Å². The zero-order valence-corrected chi connectivity index (χ0v) is 17.0. The van der Waals surface area contributed by atoms with Gasteiger partial charge in [-0.3, -0.25) is 20.5 Å². The van der Waals surface area contributed by atoms with Crippen molar-refractivity contribution in [3.63, 3.8) is 0 Å². The summed E-state index contributed by atoms with van der Waals surface area (Å²) < 4.78 is 0. The number of carbonyl (C=O) groups excluding carboxylic acids is 1. The van der Waals surface area contributed by atoms with Gasteiger partial charge in [-0.25, -0.2) is 0 Å². The van der Waals surface area contributed by atoms with Gasteiger partial charge >= 0.3 is 0 Å². The summed E-state index contributed by atoms with van der Waals surface area (Å²) in [6, 6.07) is 11.6. The van der Waals surface area contributed by atoms with Crippen LogP contribution in [0.3, 0.4) is 0 Å². The minimum Gasteiger partial charge on any atom is -0.344 e. The van der Waals surface area contributed by atoms with Crippen LogP contribution in [0.1, 0.15) is 63.5 Å². The molecule has 150 valence electrons. The van der Waals surface area contributed by atoms with Gasteiger partial charge in [-0.05, 0) is 57.2 Å². The lowest BCUT2D eigenvalue weighted by molar-refractivity contribution is -0.137. The van der Waals surface area contributed by atoms with Crippen LogP contribution in [0.15, 0.2) is 30.3 Å². The highest BCUT2D eigenvalue weighted by molar-refractivity contribution is 5.81. The first kappa shape index (κ1) is 20.3. The number of rotatable bonds is 8. The topological polar surface area (TPSA) is 47.6 Å². The summed E-state index contributed by atoms with van der Waals surface area (Å²) in [6.45, 7) is 5.17. The third kappa shape index (κ3) is 5.53. The Bertz CT molecular complexity index is 577. The molecular formula is C22H36N4O. The van der Waals surface area contributed by atoms with E-state index in [1.165, 1.54) is 18.4 Å². The van der Waals surface area contributed by atoms with Crippen LogP contribution in [0.2, 0.25) is 0 Å². The molecule has 27 heavy (non-hydrogen) atoms. The van der Waals surface area contributed by atoms with E-state index in [1.807, 2.05) is 11.9 Å². The Balaban J connectivity index is 1.40. The van der Waals surface area contributed by atoms with E-state index in [1.54, 1.807) is 0 Å². The second-order valence-electron chi connectivity index (χ2n) is 8.13. The highest BCUT2D eigenvalue weighted by atomic mass is 16.2. The zero-order valence-electron chi connectivity index (χ0n) is 17.0. The number of hydrogen-bond donors (Lipinski definition) is 2. The van der Waals surface area contributed by atoms with Crippen LogP contribution in [0, 0.1) is 0 Å². The average Bonchev–Trinajstić information content (AvgIpc) is 3.18. The molecule has 1 aromatic rings. The Morgan fingerprint density at radius 3 is 2.81 bits per heavy atom. The van der Waals surface area contributed by atoms with Crippen molar-refractivity contribution in [1.82, 2.24) is 20.7 Å². The molecule has 2 aliphatic heterocycles. The first-order chi connectivity index (χ1) is 13.2. The molecule has 3 unspecified atom stereocenters. The van der Waals surface area contributed by atoms with Crippen molar-refractivity contribution in [2.45, 2.75) is 70.0 Å². The molecule has 3 atom stereocenters. The lowest BCUT2D eigenvalue weighted by Crippen LogP contribution is -2.50. The smallest absolute Gasteiger partial charge is 0.239 e. The summed E-state index contributed by atoms with van der Waals surface area (Å²) in [5.41, 5.74) is 8.19. The van der Waals surface area contributed by atoms with E-state index in [0.717, 1.165) is 51.7 Å². The Kier molecular flexibility index (Phi) is 7.68. The first-order valence-electron chi connectivity index (χ1n) is 10.7. The monoisotopic (exact) mass is 372 g/mol. The van der Waals surface area contributed by atoms with Gasteiger partial charge in [-0.15, -0.1) is 0 Å². The van der Waals surface area contributed by atoms with Gasteiger partial charge in [0.15, 0.2) is 0 Å². The fraction of sp³-hybridized carbons (Fsp3) is 0.682. The van der Waals surface area contributed by atoms with Crippen LogP contribution >= 0.6 is 0 Å². The lowest BCUT2D eigenvalue weighted by atomic mass is 9.99. The molecule has 0 aromatic heterocycles. The number of nitrogens with one attached hydrogen (secondary N) is 2. The van der Waals surface area contributed by atoms with Crippen LogP contribution in [0.25, 0.3) is 0 Å². The molecule has 1 amide bonds. The SMILES string of the molecule is CCCN1CCCCC1C(=O)N(C)CCCC1CC(c2ccccc2)NN1. The van der Waals surface area contributed by atoms with Gasteiger partial charge in [0, 0.05) is 25.7 Å². The molecule has 2 saturated heterocycles. The van der Waals surface area contributed by atoms with Gasteiger partial charge in [0.1, 0.15) is 0 Å². The Hall–Kier alpha value is -1.43. The van der Waals surface area contributed by atoms with Crippen molar-refractivity contribution in [1.29, 1.82) is 0 Å². The van der Waals surface area contributed by atoms with E-state index in [4.69, 9.17) is 0 Å². The predicted octanol–water partition coefficient (Wildman–Crippen LogP) is 3.10. The standard InChI is InChI=1S/C22H36N4O/c1-3-14-26-16-8-7-13-21(26)22(27)25(2)15-9-12-19-17-20(24-23-19)18-10-5-4-6-11-18/h4-6,10-11,19-21,23-24H,3,7-9,12-17H2,1-2H3. The minimum absolute atomic E-state index is 0.109. The average molecular weight is 373 g/mol. The zero-order chi connectivity index (χ0) is 19.1. The molecule has 0 spiro atoms. The third-order valence-corrected chi connectivity index (χ3v) is 6.02. The normalized spacial score (nSPS) is 26.2. The summed E-state index contributed by atoms with van der Waals surface area (Å²) in [5.74, 6) is 0.322. The second kappa shape index (κ2) is 10.2. The minimum atomic E-state index is 0.109. The number of hydrazine groups is 1. The van der Waals surface area contributed by atoms with Crippen LogP contribution in [0.5, 0.6) is 0 Å². The van der Waals surface area contributed by atoms with Gasteiger partial charge in [-0.1, -0.05) is 43.7 Å². The van der Waals surface area contributed by atoms with E-state index in [2.05, 4.69) is 53.0 Å². The molecule has 2 fully saturated rings. The number of nitrogens with zero attached hydrogens (tertiary/aromatic N) is 2. The molecule has 3 rings (SSSR count). The van der Waals surface area contributed by atoms with Gasteiger partial charge in [-0.2, -0.15) is 0 Å². The maximum atomic E-state index is 12.9. The van der Waals surface area contributed by atoms with E-state index in [0.29, 0.717) is 18.0 Å². The van der Waals surface area contributed by atoms with Gasteiger partial charge in [0.05, 0.1) is 6.04 Å². The van der Waals surface area contributed by atoms with Crippen molar-refractivity contribution in [3.05, 3.63) is 35.9 Å². The molecule has 5 heteroatoms. The number of hydrogen-bond acceptors (Lipinski definition) is 4. The van der Waals surface area contributed by atoms with Crippen molar-refractivity contribution in [2.75, 3.05) is 26.7 Å². The van der Waals surface area contributed by atoms with E-state index in [-0.39, 0.29) is 6.04 Å². The van der Waals surface area contributed by atoms with Crippen LogP contribution < -0.4 is 10.9 Å².